The Kier molecular flexibility index (Phi) is 4.74. The van der Waals surface area contributed by atoms with Crippen molar-refractivity contribution in [1.29, 1.82) is 0 Å². The molecule has 2 aromatic rings. The van der Waals surface area contributed by atoms with Crippen LogP contribution in [0.4, 0.5) is 4.39 Å². The number of carbonyl (C=O) groups is 1. The first-order valence-electron chi connectivity index (χ1n) is 6.00. The molecule has 0 aliphatic carbocycles. The van der Waals surface area contributed by atoms with Crippen molar-refractivity contribution in [3.63, 3.8) is 0 Å². The highest BCUT2D eigenvalue weighted by molar-refractivity contribution is 9.09. The zero-order valence-corrected chi connectivity index (χ0v) is 12.2. The second-order valence-electron chi connectivity index (χ2n) is 4.12. The molecule has 2 N–H and O–H groups in total. The largest absolute Gasteiger partial charge is 0.493 e. The minimum Gasteiger partial charge on any atom is -0.493 e. The van der Waals surface area contributed by atoms with Crippen LogP contribution in [0.3, 0.4) is 0 Å². The molecule has 3 nitrogen and oxygen atoms in total. The number of primary amides is 1. The molecule has 0 bridgehead atoms. The molecule has 0 atom stereocenters. The quantitative estimate of drug-likeness (QED) is 0.850. The number of benzene rings is 2. The molecule has 0 spiro atoms. The van der Waals surface area contributed by atoms with E-state index in [1.165, 1.54) is 6.07 Å². The number of amides is 1. The van der Waals surface area contributed by atoms with Crippen molar-refractivity contribution in [2.24, 2.45) is 5.73 Å². The molecule has 0 radical (unpaired) electrons. The van der Waals surface area contributed by atoms with Gasteiger partial charge in [-0.05, 0) is 29.8 Å². The van der Waals surface area contributed by atoms with Gasteiger partial charge in [0, 0.05) is 16.5 Å². The highest BCUT2D eigenvalue weighted by Crippen LogP contribution is 2.27. The maximum atomic E-state index is 14.0. The fourth-order valence-electron chi connectivity index (χ4n) is 1.81. The number of alkyl halides is 1. The summed E-state index contributed by atoms with van der Waals surface area (Å²) < 4.78 is 19.5. The van der Waals surface area contributed by atoms with E-state index >= 15 is 0 Å². The van der Waals surface area contributed by atoms with Gasteiger partial charge in [-0.3, -0.25) is 4.79 Å². The predicted molar refractivity (Wildman–Crippen MR) is 79.6 cm³/mol. The van der Waals surface area contributed by atoms with Crippen LogP contribution < -0.4 is 10.5 Å². The number of carbonyl (C=O) groups excluding carboxylic acids is 1. The highest BCUT2D eigenvalue weighted by atomic mass is 79.9. The van der Waals surface area contributed by atoms with E-state index < -0.39 is 11.7 Å². The average molecular weight is 338 g/mol. The van der Waals surface area contributed by atoms with Gasteiger partial charge in [-0.2, -0.15) is 0 Å². The Hall–Kier alpha value is -1.88. The van der Waals surface area contributed by atoms with Gasteiger partial charge in [0.1, 0.15) is 11.6 Å². The van der Waals surface area contributed by atoms with E-state index in [2.05, 4.69) is 15.9 Å². The smallest absolute Gasteiger partial charge is 0.248 e. The van der Waals surface area contributed by atoms with Crippen LogP contribution in [0, 0.1) is 5.82 Å². The Balaban J connectivity index is 2.33. The van der Waals surface area contributed by atoms with Gasteiger partial charge in [-0.25, -0.2) is 4.39 Å². The number of ether oxygens (including phenoxy) is 1. The Labute approximate surface area is 124 Å². The topological polar surface area (TPSA) is 52.3 Å². The third-order valence-corrected chi connectivity index (χ3v) is 3.07. The molecule has 0 saturated heterocycles. The molecule has 0 aliphatic rings. The van der Waals surface area contributed by atoms with Crippen molar-refractivity contribution < 1.29 is 13.9 Å². The summed E-state index contributed by atoms with van der Waals surface area (Å²) in [6.07, 6.45) is 0. The minimum atomic E-state index is -0.648. The Bertz CT molecular complexity index is 631. The molecule has 104 valence electrons. The summed E-state index contributed by atoms with van der Waals surface area (Å²) in [6, 6.07) is 11.3. The van der Waals surface area contributed by atoms with Crippen molar-refractivity contribution in [2.75, 3.05) is 11.9 Å². The van der Waals surface area contributed by atoms with Gasteiger partial charge < -0.3 is 10.5 Å². The summed E-state index contributed by atoms with van der Waals surface area (Å²) in [6.45, 7) is 0.534. The second-order valence-corrected chi connectivity index (χ2v) is 4.92. The summed E-state index contributed by atoms with van der Waals surface area (Å²) >= 11 is 3.27. The molecule has 0 aliphatic heterocycles. The van der Waals surface area contributed by atoms with Crippen LogP contribution in [-0.2, 0) is 0 Å². The summed E-state index contributed by atoms with van der Waals surface area (Å²) in [4.78, 5) is 11.0. The fraction of sp³-hybridized carbons (Fsp3) is 0.133. The molecule has 1 amide bonds. The van der Waals surface area contributed by atoms with Crippen LogP contribution in [0.5, 0.6) is 5.75 Å². The third kappa shape index (κ3) is 3.36. The molecule has 0 fully saturated rings. The van der Waals surface area contributed by atoms with Crippen LogP contribution in [0.1, 0.15) is 10.4 Å². The average Bonchev–Trinajstić information content (AvgIpc) is 2.45. The van der Waals surface area contributed by atoms with Gasteiger partial charge in [0.2, 0.25) is 5.91 Å². The maximum absolute atomic E-state index is 14.0. The van der Waals surface area contributed by atoms with Gasteiger partial charge in [0.25, 0.3) is 0 Å². The molecule has 0 aromatic heterocycles. The number of nitrogens with two attached hydrogens (primary N) is 1. The Morgan fingerprint density at radius 2 is 2.05 bits per heavy atom. The second kappa shape index (κ2) is 6.52. The van der Waals surface area contributed by atoms with Gasteiger partial charge >= 0.3 is 0 Å². The Morgan fingerprint density at radius 1 is 1.25 bits per heavy atom. The maximum Gasteiger partial charge on any atom is 0.248 e. The lowest BCUT2D eigenvalue weighted by atomic mass is 10.0. The van der Waals surface area contributed by atoms with Crippen LogP contribution in [-0.4, -0.2) is 17.8 Å². The lowest BCUT2D eigenvalue weighted by Crippen LogP contribution is -2.11. The third-order valence-electron chi connectivity index (χ3n) is 2.74. The van der Waals surface area contributed by atoms with E-state index in [4.69, 9.17) is 10.5 Å². The first kappa shape index (κ1) is 14.5. The van der Waals surface area contributed by atoms with E-state index in [9.17, 15) is 9.18 Å². The number of rotatable bonds is 5. The van der Waals surface area contributed by atoms with Gasteiger partial charge in [0.15, 0.2) is 0 Å². The number of hydrogen-bond donors (Lipinski definition) is 1. The lowest BCUT2D eigenvalue weighted by molar-refractivity contribution is 0.1000. The first-order chi connectivity index (χ1) is 9.61. The van der Waals surface area contributed by atoms with Crippen molar-refractivity contribution in [3.05, 3.63) is 53.8 Å². The van der Waals surface area contributed by atoms with E-state index in [1.54, 1.807) is 24.3 Å². The molecular formula is C15H13BrFNO2. The van der Waals surface area contributed by atoms with E-state index in [1.807, 2.05) is 6.07 Å². The van der Waals surface area contributed by atoms with Crippen LogP contribution >= 0.6 is 15.9 Å². The summed E-state index contributed by atoms with van der Waals surface area (Å²) in [5.74, 6) is -0.468. The molecule has 5 heteroatoms. The van der Waals surface area contributed by atoms with E-state index in [-0.39, 0.29) is 5.56 Å². The molecule has 0 saturated carbocycles. The predicted octanol–water partition coefficient (Wildman–Crippen LogP) is 3.37. The van der Waals surface area contributed by atoms with Crippen molar-refractivity contribution in [1.82, 2.24) is 0 Å². The zero-order chi connectivity index (χ0) is 14.5. The lowest BCUT2D eigenvalue weighted by Gasteiger charge is -2.08. The first-order valence-corrected chi connectivity index (χ1v) is 7.12. The van der Waals surface area contributed by atoms with E-state index in [0.717, 1.165) is 11.4 Å². The molecular weight excluding hydrogens is 325 g/mol. The summed E-state index contributed by atoms with van der Waals surface area (Å²) in [5.41, 5.74) is 6.36. The Morgan fingerprint density at radius 3 is 2.70 bits per heavy atom. The van der Waals surface area contributed by atoms with Crippen molar-refractivity contribution in [3.8, 4) is 16.9 Å². The van der Waals surface area contributed by atoms with E-state index in [0.29, 0.717) is 23.5 Å². The zero-order valence-electron chi connectivity index (χ0n) is 10.6. The van der Waals surface area contributed by atoms with Crippen LogP contribution in [0.15, 0.2) is 42.5 Å². The molecule has 0 unspecified atom stereocenters. The van der Waals surface area contributed by atoms with Crippen molar-refractivity contribution >= 4 is 21.8 Å². The van der Waals surface area contributed by atoms with Crippen LogP contribution in [0.2, 0.25) is 0 Å². The normalized spacial score (nSPS) is 10.3. The monoisotopic (exact) mass is 337 g/mol. The summed E-state index contributed by atoms with van der Waals surface area (Å²) in [5, 5.41) is 0.721. The number of halogens is 2. The van der Waals surface area contributed by atoms with Crippen LogP contribution in [0.25, 0.3) is 11.1 Å². The number of hydrogen-bond acceptors (Lipinski definition) is 2. The molecule has 2 rings (SSSR count). The van der Waals surface area contributed by atoms with Gasteiger partial charge in [-0.1, -0.05) is 34.1 Å². The molecule has 20 heavy (non-hydrogen) atoms. The SMILES string of the molecule is NC(=O)c1ccc(-c2cccc(OCCBr)c2)c(F)c1. The van der Waals surface area contributed by atoms with Crippen molar-refractivity contribution in [2.45, 2.75) is 0 Å². The standard InChI is InChI=1S/C15H13BrFNO2/c16-6-7-20-12-3-1-2-10(8-12)13-5-4-11(15(18)19)9-14(13)17/h1-5,8-9H,6-7H2,(H2,18,19). The summed E-state index contributed by atoms with van der Waals surface area (Å²) in [7, 11) is 0. The molecule has 0 heterocycles. The minimum absolute atomic E-state index is 0.151. The molecule has 2 aromatic carbocycles. The highest BCUT2D eigenvalue weighted by Gasteiger charge is 2.09. The van der Waals surface area contributed by atoms with Gasteiger partial charge in [-0.15, -0.1) is 0 Å². The van der Waals surface area contributed by atoms with Gasteiger partial charge in [0.05, 0.1) is 6.61 Å². The fourth-order valence-corrected chi connectivity index (χ4v) is 1.97.